The summed E-state index contributed by atoms with van der Waals surface area (Å²) in [5, 5.41) is 2.30. The first kappa shape index (κ1) is 28.9. The fourth-order valence-electron chi connectivity index (χ4n) is 5.37. The second-order valence-electron chi connectivity index (χ2n) is 11.1. The normalized spacial score (nSPS) is 10.8. The van der Waals surface area contributed by atoms with Crippen LogP contribution in [0.1, 0.15) is 35.6 Å². The van der Waals surface area contributed by atoms with Crippen LogP contribution < -0.4 is 4.74 Å². The Morgan fingerprint density at radius 3 is 1.93 bits per heavy atom. The summed E-state index contributed by atoms with van der Waals surface area (Å²) < 4.78 is 36.2. The van der Waals surface area contributed by atoms with Gasteiger partial charge in [0, 0.05) is 11.1 Å². The predicted molar refractivity (Wildman–Crippen MR) is 178 cm³/mol. The lowest BCUT2D eigenvalue weighted by atomic mass is 9.95. The van der Waals surface area contributed by atoms with Gasteiger partial charge in [-0.15, -0.1) is 0 Å². The molecule has 6 rings (SSSR count). The monoisotopic (exact) mass is 578 g/mol. The van der Waals surface area contributed by atoms with Crippen LogP contribution in [-0.2, 0) is 0 Å². The quantitative estimate of drug-likeness (QED) is 0.179. The van der Waals surface area contributed by atoms with Crippen LogP contribution in [0.3, 0.4) is 0 Å². The Balaban J connectivity index is 1.20. The first-order chi connectivity index (χ1) is 21.4. The van der Waals surface area contributed by atoms with Gasteiger partial charge in [0.15, 0.2) is 0 Å². The van der Waals surface area contributed by atoms with Crippen LogP contribution >= 0.6 is 0 Å². The zero-order valence-corrected chi connectivity index (χ0v) is 25.0. The zero-order chi connectivity index (χ0) is 30.6. The molecule has 0 fully saturated rings. The molecule has 0 saturated carbocycles. The number of rotatable bonds is 6. The number of benzene rings is 6. The maximum atomic E-state index is 15.4. The number of ether oxygens (including phenoxy) is 1. The molecule has 0 heterocycles. The number of fused-ring (bicyclic) bond motifs is 1. The Morgan fingerprint density at radius 1 is 0.568 bits per heavy atom. The summed E-state index contributed by atoms with van der Waals surface area (Å²) in [6.07, 6.45) is 0.944. The van der Waals surface area contributed by atoms with Crippen molar-refractivity contribution in [3.63, 3.8) is 0 Å². The largest absolute Gasteiger partial charge is 0.494 e. The van der Waals surface area contributed by atoms with Gasteiger partial charge in [0.1, 0.15) is 17.4 Å². The molecule has 0 aliphatic rings. The first-order valence-electron chi connectivity index (χ1n) is 14.8. The molecule has 0 atom stereocenters. The third-order valence-electron chi connectivity index (χ3n) is 7.77. The van der Waals surface area contributed by atoms with Crippen LogP contribution in [0.4, 0.5) is 8.78 Å². The maximum Gasteiger partial charge on any atom is 0.139 e. The first-order valence-corrected chi connectivity index (χ1v) is 14.8. The van der Waals surface area contributed by atoms with E-state index in [0.29, 0.717) is 17.7 Å². The van der Waals surface area contributed by atoms with Gasteiger partial charge in [0.05, 0.1) is 12.2 Å². The van der Waals surface area contributed by atoms with Crippen LogP contribution in [-0.4, -0.2) is 6.61 Å². The molecule has 0 aliphatic carbocycles. The summed E-state index contributed by atoms with van der Waals surface area (Å²) in [5.41, 5.74) is 7.82. The van der Waals surface area contributed by atoms with Crippen molar-refractivity contribution in [3.05, 3.63) is 149 Å². The van der Waals surface area contributed by atoms with E-state index in [2.05, 4.69) is 56.0 Å². The fourth-order valence-corrected chi connectivity index (χ4v) is 5.37. The van der Waals surface area contributed by atoms with Gasteiger partial charge in [-0.25, -0.2) is 8.78 Å². The average Bonchev–Trinajstić information content (AvgIpc) is 3.03. The van der Waals surface area contributed by atoms with E-state index in [1.807, 2.05) is 79.7 Å². The number of hydrogen-bond donors (Lipinski definition) is 0. The highest BCUT2D eigenvalue weighted by Gasteiger charge is 2.11. The fraction of sp³-hybridized carbons (Fsp3) is 0.122. The topological polar surface area (TPSA) is 9.23 Å². The lowest BCUT2D eigenvalue weighted by molar-refractivity contribution is 0.317. The van der Waals surface area contributed by atoms with Crippen molar-refractivity contribution in [2.75, 3.05) is 6.61 Å². The van der Waals surface area contributed by atoms with Gasteiger partial charge in [-0.1, -0.05) is 91.1 Å². The van der Waals surface area contributed by atoms with Crippen LogP contribution in [0, 0.1) is 37.3 Å². The molecule has 6 aromatic rings. The lowest BCUT2D eigenvalue weighted by Gasteiger charge is -2.10. The predicted octanol–water partition coefficient (Wildman–Crippen LogP) is 10.9. The third kappa shape index (κ3) is 6.26. The highest BCUT2D eigenvalue weighted by Crippen LogP contribution is 2.32. The second-order valence-corrected chi connectivity index (χ2v) is 11.1. The second kappa shape index (κ2) is 12.6. The molecule has 0 saturated heterocycles. The van der Waals surface area contributed by atoms with Crippen LogP contribution in [0.15, 0.2) is 115 Å². The van der Waals surface area contributed by atoms with Crippen molar-refractivity contribution < 1.29 is 13.5 Å². The Morgan fingerprint density at radius 2 is 1.20 bits per heavy atom. The van der Waals surface area contributed by atoms with Gasteiger partial charge in [0.2, 0.25) is 0 Å². The summed E-state index contributed by atoms with van der Waals surface area (Å²) in [6, 6.07) is 36.4. The Bertz CT molecular complexity index is 2000. The van der Waals surface area contributed by atoms with E-state index in [4.69, 9.17) is 4.74 Å². The zero-order valence-electron chi connectivity index (χ0n) is 25.0. The molecular weight excluding hydrogens is 546 g/mol. The highest BCUT2D eigenvalue weighted by molar-refractivity contribution is 5.88. The summed E-state index contributed by atoms with van der Waals surface area (Å²) in [7, 11) is 0. The van der Waals surface area contributed by atoms with E-state index in [1.165, 1.54) is 17.0 Å². The van der Waals surface area contributed by atoms with E-state index in [-0.39, 0.29) is 11.6 Å². The number of aryl methyl sites for hydroxylation is 2. The van der Waals surface area contributed by atoms with Crippen molar-refractivity contribution in [2.24, 2.45) is 0 Å². The summed E-state index contributed by atoms with van der Waals surface area (Å²) in [4.78, 5) is 0. The average molecular weight is 579 g/mol. The molecule has 0 radical (unpaired) electrons. The number of halogens is 2. The summed E-state index contributed by atoms with van der Waals surface area (Å²) in [6.45, 7) is 6.67. The third-order valence-corrected chi connectivity index (χ3v) is 7.77. The van der Waals surface area contributed by atoms with E-state index >= 15 is 8.78 Å². The van der Waals surface area contributed by atoms with Gasteiger partial charge < -0.3 is 4.74 Å². The number of hydrogen-bond acceptors (Lipinski definition) is 1. The van der Waals surface area contributed by atoms with E-state index in [9.17, 15) is 0 Å². The lowest BCUT2D eigenvalue weighted by Crippen LogP contribution is -1.94. The van der Waals surface area contributed by atoms with Gasteiger partial charge in [-0.3, -0.25) is 0 Å². The molecule has 0 aliphatic heterocycles. The highest BCUT2D eigenvalue weighted by atomic mass is 19.1. The van der Waals surface area contributed by atoms with Crippen molar-refractivity contribution in [1.82, 2.24) is 0 Å². The van der Waals surface area contributed by atoms with Gasteiger partial charge in [0.25, 0.3) is 0 Å². The minimum Gasteiger partial charge on any atom is -0.494 e. The Kier molecular flexibility index (Phi) is 8.26. The molecule has 6 aromatic carbocycles. The van der Waals surface area contributed by atoms with Crippen LogP contribution in [0.25, 0.3) is 44.2 Å². The smallest absolute Gasteiger partial charge is 0.139 e. The molecule has 44 heavy (non-hydrogen) atoms. The molecule has 3 heteroatoms. The van der Waals surface area contributed by atoms with Gasteiger partial charge in [-0.05, 0) is 113 Å². The van der Waals surface area contributed by atoms with Crippen molar-refractivity contribution in [1.29, 1.82) is 0 Å². The summed E-state index contributed by atoms with van der Waals surface area (Å²) in [5.74, 6) is 6.20. The molecular formula is C41H32F2O. The molecule has 0 bridgehead atoms. The van der Waals surface area contributed by atoms with Crippen LogP contribution in [0.5, 0.6) is 5.75 Å². The van der Waals surface area contributed by atoms with Crippen LogP contribution in [0.2, 0.25) is 0 Å². The molecule has 1 nitrogen and oxygen atoms in total. The molecule has 0 aromatic heterocycles. The molecule has 0 spiro atoms. The van der Waals surface area contributed by atoms with Crippen molar-refractivity contribution in [2.45, 2.75) is 27.2 Å². The van der Waals surface area contributed by atoms with Crippen molar-refractivity contribution >= 4 is 10.8 Å². The summed E-state index contributed by atoms with van der Waals surface area (Å²) >= 11 is 0. The molecule has 0 amide bonds. The standard InChI is InChI=1S/C41H32F2O/c1-4-21-44-37-17-6-29(7-18-37)8-19-38-28(3)23-36(26-40(38)42)30-10-12-31(13-11-30)39-20-16-35(25-41(39)43)34-15-14-32-22-27(2)5-9-33(32)24-34/h5-7,9-18,20,22-26H,4,21H2,1-3H3. The SMILES string of the molecule is CCCOc1ccc(C#Cc2c(C)cc(-c3ccc(-c4ccc(-c5ccc6cc(C)ccc6c5)cc4F)cc3)cc2F)cc1. The van der Waals surface area contributed by atoms with Gasteiger partial charge in [-0.2, -0.15) is 0 Å². The Labute approximate surface area is 257 Å². The Hall–Kier alpha value is -5.20. The van der Waals surface area contributed by atoms with Crippen molar-refractivity contribution in [3.8, 4) is 51.0 Å². The molecule has 216 valence electrons. The minimum atomic E-state index is -0.370. The van der Waals surface area contributed by atoms with E-state index in [1.54, 1.807) is 6.07 Å². The molecule has 0 N–H and O–H groups in total. The van der Waals surface area contributed by atoms with E-state index in [0.717, 1.165) is 56.5 Å². The van der Waals surface area contributed by atoms with Gasteiger partial charge >= 0.3 is 0 Å². The van der Waals surface area contributed by atoms with E-state index < -0.39 is 0 Å². The minimum absolute atomic E-state index is 0.285. The maximum absolute atomic E-state index is 15.4. The molecule has 0 unspecified atom stereocenters.